The number of carbonyl (C=O) groups is 2. The third-order valence-electron chi connectivity index (χ3n) is 6.61. The van der Waals surface area contributed by atoms with Crippen molar-refractivity contribution in [1.82, 2.24) is 14.8 Å². The summed E-state index contributed by atoms with van der Waals surface area (Å²) in [7, 11) is 0. The second-order valence-corrected chi connectivity index (χ2v) is 10.5. The van der Waals surface area contributed by atoms with E-state index in [2.05, 4.69) is 20.7 Å². The Morgan fingerprint density at radius 3 is 2.44 bits per heavy atom. The number of thioether (sulfide) groups is 1. The van der Waals surface area contributed by atoms with E-state index in [9.17, 15) is 9.59 Å². The molecule has 0 fully saturated rings. The number of Topliss-reactive ketones (excluding diaryl/α,β-unsaturated/α-hetero) is 1. The van der Waals surface area contributed by atoms with Gasteiger partial charge in [-0.2, -0.15) is 4.98 Å². The molecule has 0 bridgehead atoms. The van der Waals surface area contributed by atoms with Crippen LogP contribution in [-0.2, 0) is 4.79 Å². The number of hydrogen-bond donors (Lipinski definition) is 2. The van der Waals surface area contributed by atoms with Crippen LogP contribution in [0.15, 0.2) is 83.2 Å². The Balaban J connectivity index is 1.46. The Morgan fingerprint density at radius 2 is 1.72 bits per heavy atom. The number of hydrogen-bond acceptors (Lipinski definition) is 6. The smallest absolute Gasteiger partial charge is 0.255 e. The molecular formula is C30H28FN5O2S. The highest BCUT2D eigenvalue weighted by molar-refractivity contribution is 7.99. The van der Waals surface area contributed by atoms with Gasteiger partial charge in [0.05, 0.1) is 11.3 Å². The molecule has 1 aromatic heterocycles. The van der Waals surface area contributed by atoms with Gasteiger partial charge in [0.2, 0.25) is 11.1 Å². The average molecular weight is 542 g/mol. The topological polar surface area (TPSA) is 88.9 Å². The molecule has 0 unspecified atom stereocenters. The second-order valence-electron chi connectivity index (χ2n) is 9.60. The van der Waals surface area contributed by atoms with Crippen LogP contribution in [-0.4, -0.2) is 32.2 Å². The van der Waals surface area contributed by atoms with Crippen LogP contribution in [0.25, 0.3) is 0 Å². The molecule has 0 saturated heterocycles. The molecule has 0 saturated carbocycles. The number of allylic oxidation sites excluding steroid dienone is 1. The summed E-state index contributed by atoms with van der Waals surface area (Å²) in [4.78, 5) is 30.9. The minimum atomic E-state index is -0.858. The number of anilines is 2. The van der Waals surface area contributed by atoms with Crippen LogP contribution in [0, 0.1) is 26.6 Å². The van der Waals surface area contributed by atoms with Crippen LogP contribution in [0.5, 0.6) is 0 Å². The monoisotopic (exact) mass is 541 g/mol. The van der Waals surface area contributed by atoms with Gasteiger partial charge >= 0.3 is 0 Å². The minimum absolute atomic E-state index is 0.0470. The molecule has 2 N–H and O–H groups in total. The molecule has 7 nitrogen and oxygen atoms in total. The maximum Gasteiger partial charge on any atom is 0.255 e. The zero-order valence-corrected chi connectivity index (χ0v) is 22.9. The number of aromatic nitrogens is 3. The number of benzene rings is 3. The maximum atomic E-state index is 15.2. The first-order valence-electron chi connectivity index (χ1n) is 12.5. The Bertz CT molecular complexity index is 1610. The average Bonchev–Trinajstić information content (AvgIpc) is 3.31. The zero-order valence-electron chi connectivity index (χ0n) is 22.1. The number of fused-ring (bicyclic) bond motifs is 1. The van der Waals surface area contributed by atoms with Crippen molar-refractivity contribution in [1.29, 1.82) is 0 Å². The summed E-state index contributed by atoms with van der Waals surface area (Å²) in [6, 6.07) is 18.6. The first-order chi connectivity index (χ1) is 18.7. The van der Waals surface area contributed by atoms with Gasteiger partial charge < -0.3 is 10.6 Å². The molecular weight excluding hydrogens is 513 g/mol. The van der Waals surface area contributed by atoms with E-state index in [4.69, 9.17) is 0 Å². The highest BCUT2D eigenvalue weighted by atomic mass is 32.2. The molecule has 39 heavy (non-hydrogen) atoms. The highest BCUT2D eigenvalue weighted by Crippen LogP contribution is 2.38. The fourth-order valence-corrected chi connectivity index (χ4v) is 5.29. The van der Waals surface area contributed by atoms with Gasteiger partial charge in [-0.3, -0.25) is 9.59 Å². The van der Waals surface area contributed by atoms with E-state index < -0.39 is 11.9 Å². The van der Waals surface area contributed by atoms with Crippen molar-refractivity contribution >= 4 is 35.1 Å². The van der Waals surface area contributed by atoms with Crippen LogP contribution >= 0.6 is 11.8 Å². The summed E-state index contributed by atoms with van der Waals surface area (Å²) in [5.74, 6) is -0.365. The molecule has 9 heteroatoms. The summed E-state index contributed by atoms with van der Waals surface area (Å²) in [6.07, 6.45) is 0. The van der Waals surface area contributed by atoms with Crippen molar-refractivity contribution in [3.63, 3.8) is 0 Å². The molecule has 0 radical (unpaired) electrons. The normalized spacial score (nSPS) is 14.5. The van der Waals surface area contributed by atoms with Gasteiger partial charge in [0, 0.05) is 22.5 Å². The number of aryl methyl sites for hydroxylation is 3. The summed E-state index contributed by atoms with van der Waals surface area (Å²) >= 11 is 1.19. The number of ketones is 1. The predicted molar refractivity (Wildman–Crippen MR) is 152 cm³/mol. The minimum Gasteiger partial charge on any atom is -0.328 e. The van der Waals surface area contributed by atoms with Crippen LogP contribution in [0.1, 0.15) is 45.6 Å². The van der Waals surface area contributed by atoms with Crippen molar-refractivity contribution in [3.8, 4) is 0 Å². The van der Waals surface area contributed by atoms with E-state index in [-0.39, 0.29) is 17.4 Å². The highest BCUT2D eigenvalue weighted by Gasteiger charge is 2.36. The summed E-state index contributed by atoms with van der Waals surface area (Å²) in [6.45, 7) is 7.64. The van der Waals surface area contributed by atoms with E-state index in [1.54, 1.807) is 37.3 Å². The van der Waals surface area contributed by atoms with Gasteiger partial charge in [0.25, 0.3) is 5.91 Å². The van der Waals surface area contributed by atoms with E-state index in [1.807, 2.05) is 51.1 Å². The molecule has 0 aliphatic carbocycles. The standard InChI is InChI=1S/C30H28FN5O2S/c1-17-9-12-21(13-10-17)25(37)16-39-30-34-29-32-20(4)26(28(38)33-24-14-11-18(2)15-19(24)3)27(36(29)35-30)22-7-5-6-8-23(22)31/h5-15,27H,16H2,1-4H3,(H,33,38)(H,32,34,35)/t27-/m1/s1. The van der Waals surface area contributed by atoms with E-state index >= 15 is 4.39 Å². The zero-order chi connectivity index (χ0) is 27.7. The van der Waals surface area contributed by atoms with Crippen LogP contribution < -0.4 is 10.6 Å². The third kappa shape index (κ3) is 5.49. The maximum absolute atomic E-state index is 15.2. The van der Waals surface area contributed by atoms with Crippen molar-refractivity contribution < 1.29 is 14.0 Å². The lowest BCUT2D eigenvalue weighted by atomic mass is 9.94. The third-order valence-corrected chi connectivity index (χ3v) is 7.45. The second kappa shape index (κ2) is 10.9. The van der Waals surface area contributed by atoms with Crippen molar-refractivity contribution in [2.24, 2.45) is 0 Å². The lowest BCUT2D eigenvalue weighted by Crippen LogP contribution is -2.32. The number of carbonyl (C=O) groups excluding carboxylic acids is 2. The fourth-order valence-electron chi connectivity index (χ4n) is 4.57. The molecule has 1 aliphatic rings. The molecule has 5 rings (SSSR count). The largest absolute Gasteiger partial charge is 0.328 e. The Labute approximate surface area is 230 Å². The molecule has 1 amide bonds. The number of amides is 1. The lowest BCUT2D eigenvalue weighted by molar-refractivity contribution is -0.113. The lowest BCUT2D eigenvalue weighted by Gasteiger charge is -2.29. The number of halogens is 1. The molecule has 0 spiro atoms. The van der Waals surface area contributed by atoms with Crippen LogP contribution in [0.4, 0.5) is 16.0 Å². The molecule has 2 heterocycles. The Morgan fingerprint density at radius 1 is 1.00 bits per heavy atom. The first-order valence-corrected chi connectivity index (χ1v) is 13.5. The fraction of sp³-hybridized carbons (Fsp3) is 0.200. The number of nitrogens with zero attached hydrogens (tertiary/aromatic N) is 3. The van der Waals surface area contributed by atoms with Gasteiger partial charge in [-0.05, 0) is 45.4 Å². The van der Waals surface area contributed by atoms with E-state index in [0.717, 1.165) is 16.7 Å². The van der Waals surface area contributed by atoms with Gasteiger partial charge in [-0.25, -0.2) is 9.07 Å². The van der Waals surface area contributed by atoms with Crippen molar-refractivity contribution in [2.45, 2.75) is 38.9 Å². The van der Waals surface area contributed by atoms with E-state index in [1.165, 1.54) is 22.5 Å². The number of rotatable bonds is 7. The first kappa shape index (κ1) is 26.4. The Kier molecular flexibility index (Phi) is 7.34. The van der Waals surface area contributed by atoms with Crippen LogP contribution in [0.2, 0.25) is 0 Å². The summed E-state index contributed by atoms with van der Waals surface area (Å²) < 4.78 is 16.7. The van der Waals surface area contributed by atoms with Gasteiger partial charge in [-0.1, -0.05) is 77.5 Å². The Hall–Kier alpha value is -4.24. The molecule has 3 aromatic carbocycles. The van der Waals surface area contributed by atoms with Gasteiger partial charge in [-0.15, -0.1) is 5.10 Å². The van der Waals surface area contributed by atoms with Crippen LogP contribution in [0.3, 0.4) is 0 Å². The summed E-state index contributed by atoms with van der Waals surface area (Å²) in [5.41, 5.74) is 5.53. The van der Waals surface area contributed by atoms with Gasteiger partial charge in [0.1, 0.15) is 11.9 Å². The SMILES string of the molecule is CC1=C(C(=O)Nc2ccc(C)cc2C)[C@@H](c2ccccc2F)n2nc(SCC(=O)c3ccc(C)cc3)nc2N1. The predicted octanol–water partition coefficient (Wildman–Crippen LogP) is 6.25. The molecule has 1 aliphatic heterocycles. The quantitative estimate of drug-likeness (QED) is 0.213. The number of nitrogens with one attached hydrogen (secondary N) is 2. The molecule has 1 atom stereocenters. The molecule has 198 valence electrons. The van der Waals surface area contributed by atoms with E-state index in [0.29, 0.717) is 39.2 Å². The van der Waals surface area contributed by atoms with Crippen molar-refractivity contribution in [2.75, 3.05) is 16.4 Å². The van der Waals surface area contributed by atoms with Crippen molar-refractivity contribution in [3.05, 3.63) is 112 Å². The van der Waals surface area contributed by atoms with Gasteiger partial charge in [0.15, 0.2) is 5.78 Å². The molecule has 4 aromatic rings. The summed E-state index contributed by atoms with van der Waals surface area (Å²) in [5, 5.41) is 11.1.